The third-order valence-corrected chi connectivity index (χ3v) is 3.44. The van der Waals surface area contributed by atoms with Gasteiger partial charge in [-0.05, 0) is 32.3 Å². The van der Waals surface area contributed by atoms with Gasteiger partial charge in [-0.2, -0.15) is 18.3 Å². The van der Waals surface area contributed by atoms with Gasteiger partial charge in [-0.15, -0.1) is 0 Å². The highest BCUT2D eigenvalue weighted by atomic mass is 19.4. The van der Waals surface area contributed by atoms with E-state index in [1.54, 1.807) is 19.2 Å². The average Bonchev–Trinajstić information content (AvgIpc) is 2.90. The van der Waals surface area contributed by atoms with Crippen LogP contribution in [0.5, 0.6) is 0 Å². The zero-order valence-electron chi connectivity index (χ0n) is 10.6. The predicted octanol–water partition coefficient (Wildman–Crippen LogP) is 2.39. The highest BCUT2D eigenvalue weighted by molar-refractivity contribution is 5.80. The van der Waals surface area contributed by atoms with Gasteiger partial charge in [-0.3, -0.25) is 9.48 Å². The van der Waals surface area contributed by atoms with E-state index in [1.165, 1.54) is 10.9 Å². The topological polar surface area (TPSA) is 38.1 Å². The average molecular weight is 275 g/mol. The Morgan fingerprint density at radius 2 is 2.16 bits per heavy atom. The number of aromatic nitrogens is 2. The standard InChI is InChI=1S/C12H16F3N3O/c1-9(18-8-4-6-16-18)11(19)17-7-3-2-5-10(17)12(13,14)15/h4,6,8-10H,2-3,5,7H2,1H3. The van der Waals surface area contributed by atoms with Crippen LogP contribution in [-0.2, 0) is 4.79 Å². The van der Waals surface area contributed by atoms with Gasteiger partial charge in [-0.1, -0.05) is 0 Å². The number of likely N-dealkylation sites (tertiary alicyclic amines) is 1. The SMILES string of the molecule is CC(C(=O)N1CCCCC1C(F)(F)F)n1cccn1. The second-order valence-corrected chi connectivity index (χ2v) is 4.75. The molecule has 0 bridgehead atoms. The number of piperidine rings is 1. The lowest BCUT2D eigenvalue weighted by Gasteiger charge is -2.38. The number of hydrogen-bond acceptors (Lipinski definition) is 2. The van der Waals surface area contributed by atoms with Crippen LogP contribution < -0.4 is 0 Å². The van der Waals surface area contributed by atoms with Crippen LogP contribution in [0.4, 0.5) is 13.2 Å². The number of nitrogens with zero attached hydrogens (tertiary/aromatic N) is 3. The Balaban J connectivity index is 2.16. The molecule has 0 radical (unpaired) electrons. The van der Waals surface area contributed by atoms with E-state index >= 15 is 0 Å². The Bertz CT molecular complexity index is 430. The molecule has 1 aromatic rings. The summed E-state index contributed by atoms with van der Waals surface area (Å²) in [6, 6.07) is -0.731. The molecule has 2 rings (SSSR count). The number of carbonyl (C=O) groups excluding carboxylic acids is 1. The predicted molar refractivity (Wildman–Crippen MR) is 62.3 cm³/mol. The maximum absolute atomic E-state index is 12.9. The first-order valence-electron chi connectivity index (χ1n) is 6.27. The van der Waals surface area contributed by atoms with Gasteiger partial charge in [0.15, 0.2) is 0 Å². The lowest BCUT2D eigenvalue weighted by molar-refractivity contribution is -0.197. The molecule has 2 heterocycles. The van der Waals surface area contributed by atoms with Gasteiger partial charge in [0.1, 0.15) is 12.1 Å². The van der Waals surface area contributed by atoms with Crippen molar-refractivity contribution in [2.45, 2.75) is 44.4 Å². The molecular formula is C12H16F3N3O. The number of carbonyl (C=O) groups is 1. The van der Waals surface area contributed by atoms with E-state index < -0.39 is 24.2 Å². The molecule has 19 heavy (non-hydrogen) atoms. The summed E-state index contributed by atoms with van der Waals surface area (Å²) in [6.07, 6.45) is -0.175. The summed E-state index contributed by atoms with van der Waals surface area (Å²) in [7, 11) is 0. The van der Waals surface area contributed by atoms with Crippen LogP contribution in [0.1, 0.15) is 32.2 Å². The van der Waals surface area contributed by atoms with E-state index in [0.29, 0.717) is 12.8 Å². The fourth-order valence-corrected chi connectivity index (χ4v) is 2.40. The summed E-state index contributed by atoms with van der Waals surface area (Å²) in [5.74, 6) is -0.522. The largest absolute Gasteiger partial charge is 0.408 e. The fourth-order valence-electron chi connectivity index (χ4n) is 2.40. The lowest BCUT2D eigenvalue weighted by atomic mass is 10.0. The van der Waals surface area contributed by atoms with Gasteiger partial charge in [0, 0.05) is 18.9 Å². The van der Waals surface area contributed by atoms with E-state index in [1.807, 2.05) is 0 Å². The van der Waals surface area contributed by atoms with Crippen LogP contribution in [0.3, 0.4) is 0 Å². The Morgan fingerprint density at radius 3 is 2.74 bits per heavy atom. The summed E-state index contributed by atoms with van der Waals surface area (Å²) < 4.78 is 40.2. The first kappa shape index (κ1) is 13.9. The second-order valence-electron chi connectivity index (χ2n) is 4.75. The molecule has 1 aromatic heterocycles. The van der Waals surface area contributed by atoms with Crippen molar-refractivity contribution < 1.29 is 18.0 Å². The molecule has 0 saturated carbocycles. The number of rotatable bonds is 2. The van der Waals surface area contributed by atoms with Crippen LogP contribution in [0.15, 0.2) is 18.5 Å². The van der Waals surface area contributed by atoms with Crippen molar-refractivity contribution in [2.75, 3.05) is 6.54 Å². The van der Waals surface area contributed by atoms with Crippen molar-refractivity contribution in [3.8, 4) is 0 Å². The summed E-state index contributed by atoms with van der Waals surface area (Å²) >= 11 is 0. The van der Waals surface area contributed by atoms with Crippen LogP contribution in [-0.4, -0.2) is 39.4 Å². The normalized spacial score (nSPS) is 22.3. The molecule has 106 valence electrons. The highest BCUT2D eigenvalue weighted by Gasteiger charge is 2.47. The van der Waals surface area contributed by atoms with E-state index in [-0.39, 0.29) is 13.0 Å². The van der Waals surface area contributed by atoms with Crippen molar-refractivity contribution >= 4 is 5.91 Å². The molecule has 1 aliphatic heterocycles. The van der Waals surface area contributed by atoms with E-state index in [0.717, 1.165) is 4.90 Å². The molecule has 1 aliphatic rings. The summed E-state index contributed by atoms with van der Waals surface area (Å²) in [4.78, 5) is 13.2. The Morgan fingerprint density at radius 1 is 1.42 bits per heavy atom. The number of alkyl halides is 3. The van der Waals surface area contributed by atoms with Crippen molar-refractivity contribution in [3.05, 3.63) is 18.5 Å². The van der Waals surface area contributed by atoms with Crippen LogP contribution in [0.25, 0.3) is 0 Å². The third kappa shape index (κ3) is 2.90. The summed E-state index contributed by atoms with van der Waals surface area (Å²) in [6.45, 7) is 1.73. The van der Waals surface area contributed by atoms with Gasteiger partial charge in [0.2, 0.25) is 5.91 Å². The van der Waals surface area contributed by atoms with E-state index in [4.69, 9.17) is 0 Å². The molecule has 2 atom stereocenters. The van der Waals surface area contributed by atoms with Gasteiger partial charge in [-0.25, -0.2) is 0 Å². The van der Waals surface area contributed by atoms with Gasteiger partial charge in [0.05, 0.1) is 0 Å². The smallest absolute Gasteiger partial charge is 0.329 e. The van der Waals surface area contributed by atoms with Crippen LogP contribution >= 0.6 is 0 Å². The first-order chi connectivity index (χ1) is 8.91. The molecule has 1 saturated heterocycles. The van der Waals surface area contributed by atoms with Gasteiger partial charge >= 0.3 is 6.18 Å². The maximum Gasteiger partial charge on any atom is 0.408 e. The molecule has 2 unspecified atom stereocenters. The number of amides is 1. The highest BCUT2D eigenvalue weighted by Crippen LogP contribution is 2.33. The van der Waals surface area contributed by atoms with Crippen molar-refractivity contribution in [1.82, 2.24) is 14.7 Å². The van der Waals surface area contributed by atoms with Crippen molar-refractivity contribution in [2.24, 2.45) is 0 Å². The zero-order chi connectivity index (χ0) is 14.0. The minimum Gasteiger partial charge on any atom is -0.329 e. The van der Waals surface area contributed by atoms with E-state index in [9.17, 15) is 18.0 Å². The molecular weight excluding hydrogens is 259 g/mol. The first-order valence-corrected chi connectivity index (χ1v) is 6.27. The molecule has 0 aliphatic carbocycles. The Kier molecular flexibility index (Phi) is 3.82. The van der Waals surface area contributed by atoms with Gasteiger partial charge < -0.3 is 4.90 Å². The minimum atomic E-state index is -4.36. The molecule has 4 nitrogen and oxygen atoms in total. The third-order valence-electron chi connectivity index (χ3n) is 3.44. The Labute approximate surface area is 109 Å². The number of halogens is 3. The summed E-state index contributed by atoms with van der Waals surface area (Å²) in [5.41, 5.74) is 0. The molecule has 0 aromatic carbocycles. The lowest BCUT2D eigenvalue weighted by Crippen LogP contribution is -2.53. The number of hydrogen-bond donors (Lipinski definition) is 0. The fraction of sp³-hybridized carbons (Fsp3) is 0.667. The molecule has 1 fully saturated rings. The van der Waals surface area contributed by atoms with E-state index in [2.05, 4.69) is 5.10 Å². The molecule has 7 heteroatoms. The van der Waals surface area contributed by atoms with Crippen LogP contribution in [0, 0.1) is 0 Å². The Hall–Kier alpha value is -1.53. The zero-order valence-corrected chi connectivity index (χ0v) is 10.6. The molecule has 0 N–H and O–H groups in total. The quantitative estimate of drug-likeness (QED) is 0.831. The van der Waals surface area contributed by atoms with Crippen molar-refractivity contribution in [1.29, 1.82) is 0 Å². The maximum atomic E-state index is 12.9. The monoisotopic (exact) mass is 275 g/mol. The summed E-state index contributed by atoms with van der Waals surface area (Å²) in [5, 5.41) is 3.91. The van der Waals surface area contributed by atoms with Gasteiger partial charge in [0.25, 0.3) is 0 Å². The minimum absolute atomic E-state index is 0.0128. The molecule has 0 spiro atoms. The second kappa shape index (κ2) is 5.22. The van der Waals surface area contributed by atoms with Crippen LogP contribution in [0.2, 0.25) is 0 Å². The van der Waals surface area contributed by atoms with Crippen molar-refractivity contribution in [3.63, 3.8) is 0 Å². The molecule has 1 amide bonds.